The van der Waals surface area contributed by atoms with E-state index in [1.54, 1.807) is 18.3 Å². The van der Waals surface area contributed by atoms with Gasteiger partial charge in [0.25, 0.3) is 0 Å². The van der Waals surface area contributed by atoms with Crippen molar-refractivity contribution in [2.24, 2.45) is 5.10 Å². The van der Waals surface area contributed by atoms with E-state index < -0.39 is 6.03 Å². The molecule has 2 aromatic carbocycles. The summed E-state index contributed by atoms with van der Waals surface area (Å²) in [6, 6.07) is 16.2. The van der Waals surface area contributed by atoms with E-state index in [-0.39, 0.29) is 0 Å². The molecule has 0 atom stereocenters. The van der Waals surface area contributed by atoms with Gasteiger partial charge < -0.3 is 0 Å². The molecule has 0 spiro atoms. The number of carbonyl (C=O) groups excluding carboxylic acids is 1. The van der Waals surface area contributed by atoms with Gasteiger partial charge in [-0.1, -0.05) is 65.4 Å². The number of hydrogen-bond donors (Lipinski definition) is 2. The van der Waals surface area contributed by atoms with E-state index in [4.69, 9.17) is 11.6 Å². The van der Waals surface area contributed by atoms with Gasteiger partial charge in [-0.05, 0) is 17.7 Å². The highest BCUT2D eigenvalue weighted by molar-refractivity contribution is 7.18. The molecule has 6 nitrogen and oxygen atoms in total. The lowest BCUT2D eigenvalue weighted by Crippen LogP contribution is -2.24. The molecule has 0 fully saturated rings. The molecule has 0 saturated carbocycles. The third-order valence-corrected chi connectivity index (χ3v) is 4.06. The number of aromatic nitrogens is 2. The molecule has 0 saturated heterocycles. The van der Waals surface area contributed by atoms with Gasteiger partial charge in [0, 0.05) is 10.6 Å². The highest BCUT2D eigenvalue weighted by Gasteiger charge is 2.09. The first kappa shape index (κ1) is 16.1. The average Bonchev–Trinajstić information content (AvgIpc) is 3.05. The third-order valence-electron chi connectivity index (χ3n) is 2.92. The highest BCUT2D eigenvalue weighted by atomic mass is 35.5. The van der Waals surface area contributed by atoms with E-state index in [9.17, 15) is 4.79 Å². The topological polar surface area (TPSA) is 79.3 Å². The number of nitrogens with zero attached hydrogens (tertiary/aromatic N) is 3. The lowest BCUT2D eigenvalue weighted by Gasteiger charge is -1.98. The number of rotatable bonds is 4. The molecule has 1 heterocycles. The Morgan fingerprint density at radius 1 is 1.08 bits per heavy atom. The van der Waals surface area contributed by atoms with E-state index in [1.165, 1.54) is 11.3 Å². The summed E-state index contributed by atoms with van der Waals surface area (Å²) < 4.78 is 0. The van der Waals surface area contributed by atoms with Crippen molar-refractivity contribution in [3.8, 4) is 10.6 Å². The lowest BCUT2D eigenvalue weighted by molar-refractivity contribution is 0.252. The van der Waals surface area contributed by atoms with Crippen LogP contribution in [0.15, 0.2) is 59.7 Å². The summed E-state index contributed by atoms with van der Waals surface area (Å²) in [5.74, 6) is 0. The smallest absolute Gasteiger partial charge is 0.281 e. The van der Waals surface area contributed by atoms with Gasteiger partial charge in [-0.2, -0.15) is 5.10 Å². The quantitative estimate of drug-likeness (QED) is 0.546. The number of benzene rings is 2. The fraction of sp³-hybridized carbons (Fsp3) is 0. The minimum absolute atomic E-state index is 0.382. The number of anilines is 1. The van der Waals surface area contributed by atoms with Crippen LogP contribution in [0.1, 0.15) is 5.56 Å². The van der Waals surface area contributed by atoms with Crippen LogP contribution in [0.3, 0.4) is 0 Å². The van der Waals surface area contributed by atoms with Crippen molar-refractivity contribution in [2.45, 2.75) is 0 Å². The number of halogens is 1. The predicted octanol–water partition coefficient (Wildman–Crippen LogP) is 4.01. The largest absolute Gasteiger partial charge is 0.341 e. The van der Waals surface area contributed by atoms with Gasteiger partial charge in [-0.15, -0.1) is 10.2 Å². The maximum absolute atomic E-state index is 11.8. The van der Waals surface area contributed by atoms with Crippen LogP contribution >= 0.6 is 22.9 Å². The number of carbonyl (C=O) groups is 1. The van der Waals surface area contributed by atoms with Crippen LogP contribution in [-0.2, 0) is 0 Å². The maximum atomic E-state index is 11.8. The van der Waals surface area contributed by atoms with Crippen molar-refractivity contribution in [1.82, 2.24) is 15.6 Å². The molecule has 2 N–H and O–H groups in total. The number of hydrazone groups is 1. The normalized spacial score (nSPS) is 10.7. The molecule has 1 aromatic heterocycles. The zero-order valence-corrected chi connectivity index (χ0v) is 13.9. The molecule has 2 amide bonds. The summed E-state index contributed by atoms with van der Waals surface area (Å²) in [5.41, 5.74) is 4.15. The molecular formula is C16H12ClN5OS. The van der Waals surface area contributed by atoms with Gasteiger partial charge in [0.2, 0.25) is 5.13 Å². The first-order valence-electron chi connectivity index (χ1n) is 6.95. The van der Waals surface area contributed by atoms with Crippen LogP contribution in [0.25, 0.3) is 10.6 Å². The summed E-state index contributed by atoms with van der Waals surface area (Å²) in [5, 5.41) is 16.1. The molecular weight excluding hydrogens is 346 g/mol. The average molecular weight is 358 g/mol. The molecule has 24 heavy (non-hydrogen) atoms. The van der Waals surface area contributed by atoms with Gasteiger partial charge in [0.05, 0.1) is 6.21 Å². The third kappa shape index (κ3) is 4.37. The number of hydrogen-bond acceptors (Lipinski definition) is 5. The van der Waals surface area contributed by atoms with Crippen LogP contribution in [0.2, 0.25) is 5.02 Å². The molecule has 0 aliphatic rings. The zero-order chi connectivity index (χ0) is 16.8. The molecule has 0 radical (unpaired) electrons. The van der Waals surface area contributed by atoms with Crippen molar-refractivity contribution in [3.05, 3.63) is 65.2 Å². The second-order valence-corrected chi connectivity index (χ2v) is 6.07. The Labute approximate surface area is 147 Å². The summed E-state index contributed by atoms with van der Waals surface area (Å²) in [7, 11) is 0. The molecule has 3 rings (SSSR count). The first-order chi connectivity index (χ1) is 11.7. The van der Waals surface area contributed by atoms with Crippen molar-refractivity contribution in [1.29, 1.82) is 0 Å². The van der Waals surface area contributed by atoms with Gasteiger partial charge in [0.15, 0.2) is 0 Å². The van der Waals surface area contributed by atoms with E-state index in [2.05, 4.69) is 26.0 Å². The first-order valence-corrected chi connectivity index (χ1v) is 8.15. The Morgan fingerprint density at radius 3 is 2.58 bits per heavy atom. The number of urea groups is 1. The molecule has 0 unspecified atom stereocenters. The van der Waals surface area contributed by atoms with Gasteiger partial charge in [0.1, 0.15) is 5.01 Å². The van der Waals surface area contributed by atoms with Crippen LogP contribution in [-0.4, -0.2) is 22.4 Å². The van der Waals surface area contributed by atoms with E-state index in [0.29, 0.717) is 15.2 Å². The molecule has 0 aliphatic carbocycles. The second kappa shape index (κ2) is 7.67. The predicted molar refractivity (Wildman–Crippen MR) is 96.5 cm³/mol. The van der Waals surface area contributed by atoms with Gasteiger partial charge in [-0.25, -0.2) is 10.2 Å². The van der Waals surface area contributed by atoms with Crippen LogP contribution in [0, 0.1) is 0 Å². The standard InChI is InChI=1S/C16H12ClN5OS/c17-13-8-6-12(7-9-13)14-20-22-16(24-14)19-15(23)21-18-10-11-4-2-1-3-5-11/h1-10H,(H2,19,21,22,23)/b18-10+. The summed E-state index contributed by atoms with van der Waals surface area (Å²) in [6.07, 6.45) is 1.55. The van der Waals surface area contributed by atoms with E-state index in [0.717, 1.165) is 11.1 Å². The Kier molecular flexibility index (Phi) is 5.15. The van der Waals surface area contributed by atoms with E-state index >= 15 is 0 Å². The van der Waals surface area contributed by atoms with Gasteiger partial charge >= 0.3 is 6.03 Å². The fourth-order valence-corrected chi connectivity index (χ4v) is 2.68. The van der Waals surface area contributed by atoms with Crippen LogP contribution in [0.5, 0.6) is 0 Å². The summed E-state index contributed by atoms with van der Waals surface area (Å²) in [6.45, 7) is 0. The minimum atomic E-state index is -0.485. The highest BCUT2D eigenvalue weighted by Crippen LogP contribution is 2.27. The Hall–Kier alpha value is -2.77. The van der Waals surface area contributed by atoms with Crippen molar-refractivity contribution >= 4 is 40.3 Å². The molecule has 0 aliphatic heterocycles. The molecule has 120 valence electrons. The fourth-order valence-electron chi connectivity index (χ4n) is 1.81. The Morgan fingerprint density at radius 2 is 1.83 bits per heavy atom. The zero-order valence-electron chi connectivity index (χ0n) is 12.3. The minimum Gasteiger partial charge on any atom is -0.281 e. The van der Waals surface area contributed by atoms with Crippen molar-refractivity contribution in [2.75, 3.05) is 5.32 Å². The number of amides is 2. The van der Waals surface area contributed by atoms with E-state index in [1.807, 2.05) is 42.5 Å². The van der Waals surface area contributed by atoms with Crippen LogP contribution < -0.4 is 10.7 Å². The summed E-state index contributed by atoms with van der Waals surface area (Å²) in [4.78, 5) is 11.8. The number of nitrogens with one attached hydrogen (secondary N) is 2. The second-order valence-electron chi connectivity index (χ2n) is 4.65. The monoisotopic (exact) mass is 357 g/mol. The summed E-state index contributed by atoms with van der Waals surface area (Å²) >= 11 is 7.12. The van der Waals surface area contributed by atoms with Crippen molar-refractivity contribution < 1.29 is 4.79 Å². The molecule has 8 heteroatoms. The Balaban J connectivity index is 1.57. The van der Waals surface area contributed by atoms with Crippen LogP contribution in [0.4, 0.5) is 9.93 Å². The molecule has 3 aromatic rings. The van der Waals surface area contributed by atoms with Crippen molar-refractivity contribution in [3.63, 3.8) is 0 Å². The lowest BCUT2D eigenvalue weighted by atomic mass is 10.2. The van der Waals surface area contributed by atoms with Gasteiger partial charge in [-0.3, -0.25) is 5.32 Å². The Bertz CT molecular complexity index is 848. The maximum Gasteiger partial charge on any atom is 0.341 e. The molecule has 0 bridgehead atoms. The SMILES string of the molecule is O=C(N/N=C/c1ccccc1)Nc1nnc(-c2ccc(Cl)cc2)s1.